The number of carbonyl (C=O) groups is 1. The Labute approximate surface area is 101 Å². The first kappa shape index (κ1) is 12.8. The van der Waals surface area contributed by atoms with E-state index in [1.54, 1.807) is 19.1 Å². The van der Waals surface area contributed by atoms with Crippen LogP contribution in [0.3, 0.4) is 0 Å². The van der Waals surface area contributed by atoms with Crippen molar-refractivity contribution in [2.75, 3.05) is 5.73 Å². The first-order valence-corrected chi connectivity index (χ1v) is 5.21. The van der Waals surface area contributed by atoms with Crippen LogP contribution in [0.5, 0.6) is 0 Å². The molecule has 3 N–H and O–H groups in total. The fourth-order valence-electron chi connectivity index (χ4n) is 1.25. The van der Waals surface area contributed by atoms with Gasteiger partial charge in [0.25, 0.3) is 0 Å². The molecule has 17 heavy (non-hydrogen) atoms. The molecule has 0 amide bonds. The molecule has 0 radical (unpaired) electrons. The third kappa shape index (κ3) is 3.99. The maximum atomic E-state index is 10.5. The van der Waals surface area contributed by atoms with E-state index in [0.717, 1.165) is 5.56 Å². The van der Waals surface area contributed by atoms with Gasteiger partial charge in [-0.3, -0.25) is 0 Å². The number of nitrogen functional groups attached to an aromatic ring is 1. The quantitative estimate of drug-likeness (QED) is 0.739. The van der Waals surface area contributed by atoms with Crippen molar-refractivity contribution in [2.45, 2.75) is 6.92 Å². The molecule has 3 heteroatoms. The number of aromatic carboxylic acids is 1. The molecule has 0 atom stereocenters. The Hall–Kier alpha value is -2.29. The molecule has 0 saturated heterocycles. The van der Waals surface area contributed by atoms with E-state index in [1.807, 2.05) is 36.4 Å². The minimum absolute atomic E-state index is 0.171. The predicted octanol–water partition coefficient (Wildman–Crippen LogP) is 2.96. The molecule has 3 nitrogen and oxygen atoms in total. The van der Waals surface area contributed by atoms with E-state index in [4.69, 9.17) is 10.8 Å². The zero-order valence-corrected chi connectivity index (χ0v) is 9.63. The molecule has 0 aliphatic carbocycles. The number of benzene rings is 2. The number of anilines is 1. The van der Waals surface area contributed by atoms with Crippen molar-refractivity contribution < 1.29 is 9.90 Å². The zero-order valence-electron chi connectivity index (χ0n) is 9.63. The molecule has 0 aliphatic heterocycles. The average Bonchev–Trinajstić information content (AvgIpc) is 2.35. The Balaban J connectivity index is 0.000000202. The number of aryl methyl sites for hydroxylation is 1. The van der Waals surface area contributed by atoms with E-state index in [9.17, 15) is 4.79 Å². The Morgan fingerprint density at radius 2 is 1.47 bits per heavy atom. The highest BCUT2D eigenvalue weighted by Crippen LogP contribution is 2.15. The second-order valence-electron chi connectivity index (χ2n) is 3.50. The van der Waals surface area contributed by atoms with E-state index in [1.165, 1.54) is 6.07 Å². The summed E-state index contributed by atoms with van der Waals surface area (Å²) >= 11 is 0. The van der Waals surface area contributed by atoms with Crippen LogP contribution in [0.1, 0.15) is 15.9 Å². The number of nitrogens with two attached hydrogens (primary N) is 1. The van der Waals surface area contributed by atoms with Crippen molar-refractivity contribution in [3.05, 3.63) is 65.7 Å². The number of para-hydroxylation sites is 1. The van der Waals surface area contributed by atoms with Gasteiger partial charge < -0.3 is 10.8 Å². The van der Waals surface area contributed by atoms with Crippen LogP contribution in [-0.4, -0.2) is 11.1 Å². The third-order valence-electron chi connectivity index (χ3n) is 2.22. The van der Waals surface area contributed by atoms with Crippen molar-refractivity contribution in [2.24, 2.45) is 0 Å². The summed E-state index contributed by atoms with van der Waals surface area (Å²) in [7, 11) is 0. The first-order chi connectivity index (χ1) is 8.13. The van der Waals surface area contributed by atoms with Crippen molar-refractivity contribution in [3.63, 3.8) is 0 Å². The van der Waals surface area contributed by atoms with Gasteiger partial charge in [-0.25, -0.2) is 4.79 Å². The first-order valence-electron chi connectivity index (χ1n) is 5.21. The van der Waals surface area contributed by atoms with Gasteiger partial charge in [-0.15, -0.1) is 0 Å². The van der Waals surface area contributed by atoms with Gasteiger partial charge in [0, 0.05) is 5.69 Å². The van der Waals surface area contributed by atoms with Crippen molar-refractivity contribution in [1.29, 1.82) is 0 Å². The number of carboxylic acid groups (broad SMARTS) is 1. The fourth-order valence-corrected chi connectivity index (χ4v) is 1.25. The lowest BCUT2D eigenvalue weighted by molar-refractivity contribution is 0.0698. The molecular weight excluding hydrogens is 214 g/mol. The highest BCUT2D eigenvalue weighted by atomic mass is 16.4. The SMILES string of the molecule is Cc1cccc(C(=O)O)c1N.c1ccccc1. The van der Waals surface area contributed by atoms with Gasteiger partial charge in [-0.05, 0) is 18.6 Å². The van der Waals surface area contributed by atoms with E-state index >= 15 is 0 Å². The average molecular weight is 229 g/mol. The van der Waals surface area contributed by atoms with Crippen LogP contribution in [0.15, 0.2) is 54.6 Å². The summed E-state index contributed by atoms with van der Waals surface area (Å²) in [6.45, 7) is 1.78. The van der Waals surface area contributed by atoms with Crippen LogP contribution in [0.2, 0.25) is 0 Å². The number of hydrogen-bond acceptors (Lipinski definition) is 2. The maximum absolute atomic E-state index is 10.5. The maximum Gasteiger partial charge on any atom is 0.337 e. The molecule has 0 aliphatic rings. The lowest BCUT2D eigenvalue weighted by atomic mass is 10.1. The van der Waals surface area contributed by atoms with Gasteiger partial charge in [-0.2, -0.15) is 0 Å². The molecule has 2 aromatic carbocycles. The van der Waals surface area contributed by atoms with Crippen molar-refractivity contribution >= 4 is 11.7 Å². The summed E-state index contributed by atoms with van der Waals surface area (Å²) in [6.07, 6.45) is 0. The highest BCUT2D eigenvalue weighted by molar-refractivity contribution is 5.94. The van der Waals surface area contributed by atoms with Crippen LogP contribution in [0.25, 0.3) is 0 Å². The van der Waals surface area contributed by atoms with Crippen LogP contribution in [0.4, 0.5) is 5.69 Å². The van der Waals surface area contributed by atoms with Crippen molar-refractivity contribution in [3.8, 4) is 0 Å². The Kier molecular flexibility index (Phi) is 4.76. The van der Waals surface area contributed by atoms with E-state index in [-0.39, 0.29) is 5.56 Å². The Morgan fingerprint density at radius 1 is 1.00 bits per heavy atom. The number of carboxylic acids is 1. The standard InChI is InChI=1S/C8H9NO2.C6H6/c1-5-3-2-4-6(7(5)9)8(10)11;1-2-4-6-5-3-1/h2-4H,9H2,1H3,(H,10,11);1-6H. The minimum atomic E-state index is -0.980. The third-order valence-corrected chi connectivity index (χ3v) is 2.22. The van der Waals surface area contributed by atoms with Gasteiger partial charge >= 0.3 is 5.97 Å². The Morgan fingerprint density at radius 3 is 1.82 bits per heavy atom. The monoisotopic (exact) mass is 229 g/mol. The lowest BCUT2D eigenvalue weighted by Crippen LogP contribution is -2.03. The molecule has 0 heterocycles. The van der Waals surface area contributed by atoms with Crippen LogP contribution < -0.4 is 5.73 Å². The van der Waals surface area contributed by atoms with Gasteiger partial charge in [0.2, 0.25) is 0 Å². The summed E-state index contributed by atoms with van der Waals surface area (Å²) in [5.74, 6) is -0.980. The summed E-state index contributed by atoms with van der Waals surface area (Å²) in [5, 5.41) is 8.61. The summed E-state index contributed by atoms with van der Waals surface area (Å²) in [5.41, 5.74) is 6.82. The van der Waals surface area contributed by atoms with E-state index in [0.29, 0.717) is 5.69 Å². The molecule has 0 aromatic heterocycles. The zero-order chi connectivity index (χ0) is 12.7. The molecule has 0 unspecified atom stereocenters. The van der Waals surface area contributed by atoms with Gasteiger partial charge in [0.1, 0.15) is 0 Å². The molecular formula is C14H15NO2. The summed E-state index contributed by atoms with van der Waals surface area (Å²) in [6, 6.07) is 16.9. The Bertz CT molecular complexity index is 454. The summed E-state index contributed by atoms with van der Waals surface area (Å²) in [4.78, 5) is 10.5. The molecule has 0 fully saturated rings. The second-order valence-corrected chi connectivity index (χ2v) is 3.50. The lowest BCUT2D eigenvalue weighted by Gasteiger charge is -2.02. The molecule has 88 valence electrons. The highest BCUT2D eigenvalue weighted by Gasteiger charge is 2.07. The molecule has 0 spiro atoms. The molecule has 0 saturated carbocycles. The van der Waals surface area contributed by atoms with Crippen LogP contribution in [-0.2, 0) is 0 Å². The second kappa shape index (κ2) is 6.33. The number of rotatable bonds is 1. The van der Waals surface area contributed by atoms with Crippen molar-refractivity contribution in [1.82, 2.24) is 0 Å². The van der Waals surface area contributed by atoms with E-state index < -0.39 is 5.97 Å². The van der Waals surface area contributed by atoms with Gasteiger partial charge in [-0.1, -0.05) is 48.5 Å². The van der Waals surface area contributed by atoms with E-state index in [2.05, 4.69) is 0 Å². The van der Waals surface area contributed by atoms with Gasteiger partial charge in [0.15, 0.2) is 0 Å². The molecule has 2 rings (SSSR count). The summed E-state index contributed by atoms with van der Waals surface area (Å²) < 4.78 is 0. The number of hydrogen-bond donors (Lipinski definition) is 2. The fraction of sp³-hybridized carbons (Fsp3) is 0.0714. The largest absolute Gasteiger partial charge is 0.478 e. The van der Waals surface area contributed by atoms with Crippen LogP contribution >= 0.6 is 0 Å². The smallest absolute Gasteiger partial charge is 0.337 e. The molecule has 2 aromatic rings. The van der Waals surface area contributed by atoms with Crippen LogP contribution in [0, 0.1) is 6.92 Å². The molecule has 0 bridgehead atoms. The topological polar surface area (TPSA) is 63.3 Å². The van der Waals surface area contributed by atoms with Gasteiger partial charge in [0.05, 0.1) is 5.56 Å². The normalized spacial score (nSPS) is 9.00. The minimum Gasteiger partial charge on any atom is -0.478 e. The predicted molar refractivity (Wildman–Crippen MR) is 69.0 cm³/mol.